The standard InChI is InChI=1S/C15H15FNO2/c1-2-15(11-6-4-3-5-7-11)19-12-8-13(16)14(10-18)17-9-12/h3-9,15,18H,1-2,10H2/t15-/m0/s1. The predicted molar refractivity (Wildman–Crippen MR) is 69.9 cm³/mol. The van der Waals surface area contributed by atoms with E-state index in [-0.39, 0.29) is 11.8 Å². The zero-order chi connectivity index (χ0) is 13.7. The lowest BCUT2D eigenvalue weighted by Gasteiger charge is -2.18. The molecule has 1 atom stereocenters. The summed E-state index contributed by atoms with van der Waals surface area (Å²) >= 11 is 0. The monoisotopic (exact) mass is 260 g/mol. The van der Waals surface area contributed by atoms with Gasteiger partial charge >= 0.3 is 0 Å². The van der Waals surface area contributed by atoms with Crippen LogP contribution >= 0.6 is 0 Å². The van der Waals surface area contributed by atoms with Gasteiger partial charge in [0.25, 0.3) is 0 Å². The molecule has 1 heterocycles. The Morgan fingerprint density at radius 3 is 2.63 bits per heavy atom. The van der Waals surface area contributed by atoms with Gasteiger partial charge in [-0.1, -0.05) is 30.3 Å². The molecule has 0 amide bonds. The molecule has 0 bridgehead atoms. The van der Waals surface area contributed by atoms with Crippen molar-refractivity contribution < 1.29 is 14.2 Å². The maximum absolute atomic E-state index is 13.5. The van der Waals surface area contributed by atoms with Gasteiger partial charge in [-0.2, -0.15) is 0 Å². The topological polar surface area (TPSA) is 42.4 Å². The van der Waals surface area contributed by atoms with Crippen LogP contribution in [0, 0.1) is 12.7 Å². The summed E-state index contributed by atoms with van der Waals surface area (Å²) in [6.45, 7) is 3.41. The Balaban J connectivity index is 2.17. The summed E-state index contributed by atoms with van der Waals surface area (Å²) in [5.74, 6) is -0.247. The van der Waals surface area contributed by atoms with E-state index in [2.05, 4.69) is 11.9 Å². The van der Waals surface area contributed by atoms with Gasteiger partial charge in [0.15, 0.2) is 5.82 Å². The maximum Gasteiger partial charge on any atom is 0.150 e. The fraction of sp³-hybridized carbons (Fsp3) is 0.200. The lowest BCUT2D eigenvalue weighted by molar-refractivity contribution is 0.205. The fourth-order valence-corrected chi connectivity index (χ4v) is 1.76. The lowest BCUT2D eigenvalue weighted by atomic mass is 10.1. The molecule has 2 rings (SSSR count). The molecule has 4 heteroatoms. The largest absolute Gasteiger partial charge is 0.484 e. The highest BCUT2D eigenvalue weighted by molar-refractivity contribution is 5.24. The van der Waals surface area contributed by atoms with Crippen molar-refractivity contribution in [3.05, 3.63) is 66.6 Å². The summed E-state index contributed by atoms with van der Waals surface area (Å²) in [7, 11) is 0. The van der Waals surface area contributed by atoms with E-state index in [1.807, 2.05) is 30.3 Å². The van der Waals surface area contributed by atoms with Gasteiger partial charge in [-0.05, 0) is 18.9 Å². The van der Waals surface area contributed by atoms with E-state index in [1.54, 1.807) is 0 Å². The number of pyridine rings is 1. The maximum atomic E-state index is 13.5. The average molecular weight is 260 g/mol. The zero-order valence-corrected chi connectivity index (χ0v) is 10.4. The third kappa shape index (κ3) is 3.29. The van der Waals surface area contributed by atoms with Crippen LogP contribution in [0.1, 0.15) is 23.8 Å². The third-order valence-electron chi connectivity index (χ3n) is 2.75. The smallest absolute Gasteiger partial charge is 0.150 e. The van der Waals surface area contributed by atoms with Gasteiger partial charge in [-0.25, -0.2) is 4.39 Å². The Morgan fingerprint density at radius 1 is 1.32 bits per heavy atom. The van der Waals surface area contributed by atoms with E-state index in [0.717, 1.165) is 5.56 Å². The van der Waals surface area contributed by atoms with Gasteiger partial charge in [0.05, 0.1) is 12.8 Å². The zero-order valence-electron chi connectivity index (χ0n) is 10.4. The van der Waals surface area contributed by atoms with Crippen LogP contribution in [0.15, 0.2) is 42.6 Å². The van der Waals surface area contributed by atoms with Crippen LogP contribution in [0.4, 0.5) is 4.39 Å². The van der Waals surface area contributed by atoms with E-state index in [1.165, 1.54) is 12.3 Å². The molecule has 0 fully saturated rings. The molecule has 1 radical (unpaired) electrons. The molecule has 19 heavy (non-hydrogen) atoms. The van der Waals surface area contributed by atoms with Crippen molar-refractivity contribution in [1.82, 2.24) is 4.98 Å². The van der Waals surface area contributed by atoms with Gasteiger partial charge < -0.3 is 9.84 Å². The van der Waals surface area contributed by atoms with Gasteiger partial charge in [0, 0.05) is 6.07 Å². The van der Waals surface area contributed by atoms with E-state index in [4.69, 9.17) is 9.84 Å². The predicted octanol–water partition coefficient (Wildman–Crippen LogP) is 3.06. The summed E-state index contributed by atoms with van der Waals surface area (Å²) in [5.41, 5.74) is 0.988. The van der Waals surface area contributed by atoms with E-state index in [9.17, 15) is 4.39 Å². The molecule has 0 spiro atoms. The minimum atomic E-state index is -0.573. The van der Waals surface area contributed by atoms with Crippen LogP contribution in [0.2, 0.25) is 0 Å². The van der Waals surface area contributed by atoms with Crippen LogP contribution in [0.25, 0.3) is 0 Å². The van der Waals surface area contributed by atoms with Crippen LogP contribution in [0.5, 0.6) is 5.75 Å². The lowest BCUT2D eigenvalue weighted by Crippen LogP contribution is -2.07. The van der Waals surface area contributed by atoms with Crippen molar-refractivity contribution in [2.24, 2.45) is 0 Å². The van der Waals surface area contributed by atoms with Crippen LogP contribution < -0.4 is 4.74 Å². The molecule has 99 valence electrons. The van der Waals surface area contributed by atoms with Crippen LogP contribution in [0.3, 0.4) is 0 Å². The molecule has 0 aliphatic carbocycles. The van der Waals surface area contributed by atoms with Crippen molar-refractivity contribution in [1.29, 1.82) is 0 Å². The number of rotatable bonds is 5. The molecule has 1 aromatic carbocycles. The minimum absolute atomic E-state index is 0.0123. The highest BCUT2D eigenvalue weighted by Gasteiger charge is 2.12. The fourth-order valence-electron chi connectivity index (χ4n) is 1.76. The number of aromatic nitrogens is 1. The second-order valence-electron chi connectivity index (χ2n) is 4.06. The van der Waals surface area contributed by atoms with Crippen molar-refractivity contribution in [2.75, 3.05) is 0 Å². The quantitative estimate of drug-likeness (QED) is 0.898. The number of hydrogen-bond donors (Lipinski definition) is 1. The van der Waals surface area contributed by atoms with Crippen molar-refractivity contribution in [3.63, 3.8) is 0 Å². The Labute approximate surface area is 111 Å². The highest BCUT2D eigenvalue weighted by atomic mass is 19.1. The summed E-state index contributed by atoms with van der Waals surface area (Å²) in [4.78, 5) is 3.81. The summed E-state index contributed by atoms with van der Waals surface area (Å²) in [5, 5.41) is 8.86. The molecule has 1 N–H and O–H groups in total. The number of ether oxygens (including phenoxy) is 1. The summed E-state index contributed by atoms with van der Waals surface area (Å²) < 4.78 is 19.2. The molecule has 0 aliphatic heterocycles. The number of hydrogen-bond acceptors (Lipinski definition) is 3. The number of halogens is 1. The molecule has 2 aromatic rings. The molecule has 0 aliphatic rings. The van der Waals surface area contributed by atoms with Crippen molar-refractivity contribution in [3.8, 4) is 5.75 Å². The first-order valence-electron chi connectivity index (χ1n) is 6.00. The Hall–Kier alpha value is -1.94. The molecule has 0 saturated carbocycles. The first kappa shape index (κ1) is 13.5. The third-order valence-corrected chi connectivity index (χ3v) is 2.75. The van der Waals surface area contributed by atoms with Gasteiger partial charge in [-0.15, -0.1) is 0 Å². The number of benzene rings is 1. The van der Waals surface area contributed by atoms with E-state index < -0.39 is 12.4 Å². The molecule has 3 nitrogen and oxygen atoms in total. The number of aliphatic hydroxyl groups is 1. The molecular weight excluding hydrogens is 245 g/mol. The Bertz CT molecular complexity index is 531. The van der Waals surface area contributed by atoms with Gasteiger partial charge in [0.2, 0.25) is 0 Å². The number of nitrogens with zero attached hydrogens (tertiary/aromatic N) is 1. The first-order chi connectivity index (χ1) is 9.24. The van der Waals surface area contributed by atoms with Crippen molar-refractivity contribution >= 4 is 0 Å². The van der Waals surface area contributed by atoms with Crippen LogP contribution in [-0.2, 0) is 6.61 Å². The van der Waals surface area contributed by atoms with E-state index >= 15 is 0 Å². The molecule has 0 saturated heterocycles. The Morgan fingerprint density at radius 2 is 2.05 bits per heavy atom. The van der Waals surface area contributed by atoms with Gasteiger partial charge in [-0.3, -0.25) is 4.98 Å². The highest BCUT2D eigenvalue weighted by Crippen LogP contribution is 2.24. The van der Waals surface area contributed by atoms with Crippen molar-refractivity contribution in [2.45, 2.75) is 19.1 Å². The molecule has 1 aromatic heterocycles. The second-order valence-corrected chi connectivity index (χ2v) is 4.06. The SMILES string of the molecule is [CH2]C[C@H](Oc1cnc(CO)c(F)c1)c1ccccc1. The van der Waals surface area contributed by atoms with Crippen LogP contribution in [-0.4, -0.2) is 10.1 Å². The number of aliphatic hydroxyl groups excluding tert-OH is 1. The summed E-state index contributed by atoms with van der Waals surface area (Å²) in [6.07, 6.45) is 1.68. The molecule has 0 unspecified atom stereocenters. The Kier molecular flexibility index (Phi) is 4.47. The first-order valence-corrected chi connectivity index (χ1v) is 6.00. The normalized spacial score (nSPS) is 12.2. The van der Waals surface area contributed by atoms with E-state index in [0.29, 0.717) is 12.2 Å². The average Bonchev–Trinajstić information content (AvgIpc) is 2.46. The molecular formula is C15H15FNO2. The second kappa shape index (κ2) is 6.29. The van der Waals surface area contributed by atoms with Gasteiger partial charge in [0.1, 0.15) is 17.5 Å². The minimum Gasteiger partial charge on any atom is -0.484 e. The summed E-state index contributed by atoms with van der Waals surface area (Å²) in [6, 6.07) is 10.8.